The summed E-state index contributed by atoms with van der Waals surface area (Å²) >= 11 is 0. The summed E-state index contributed by atoms with van der Waals surface area (Å²) in [5.74, 6) is 0.0677. The highest BCUT2D eigenvalue weighted by molar-refractivity contribution is 7.39. The molecular weight excluding hydrogens is 556 g/mol. The second-order valence-electron chi connectivity index (χ2n) is 11.5. The van der Waals surface area contributed by atoms with Gasteiger partial charge in [0.15, 0.2) is 0 Å². The van der Waals surface area contributed by atoms with Crippen molar-refractivity contribution in [2.24, 2.45) is 11.3 Å². The zero-order chi connectivity index (χ0) is 29.8. The number of allylic oxidation sites excluding steroid dienone is 3. The molecule has 0 saturated carbocycles. The first-order valence-electron chi connectivity index (χ1n) is 14.3. The van der Waals surface area contributed by atoms with Crippen molar-refractivity contribution in [3.8, 4) is 0 Å². The number of halogens is 1. The Bertz CT molecular complexity index is 1200. The van der Waals surface area contributed by atoms with Gasteiger partial charge in [0, 0.05) is 49.6 Å². The Balaban J connectivity index is 1.92. The average molecular weight is 605 g/mol. The van der Waals surface area contributed by atoms with Gasteiger partial charge in [-0.25, -0.2) is 9.18 Å². The predicted molar refractivity (Wildman–Crippen MR) is 180 cm³/mol. The first-order valence-corrected chi connectivity index (χ1v) is 16.0. The normalized spacial score (nSPS) is 18.4. The Hall–Kier alpha value is -1.73. The highest BCUT2D eigenvalue weighted by Crippen LogP contribution is 2.52. The van der Waals surface area contributed by atoms with Gasteiger partial charge in [-0.3, -0.25) is 0 Å². The largest absolute Gasteiger partial charge is 0.370 e. The fourth-order valence-corrected chi connectivity index (χ4v) is 6.30. The quantitative estimate of drug-likeness (QED) is 0.282. The van der Waals surface area contributed by atoms with E-state index in [4.69, 9.17) is 0 Å². The number of hydrogen-bond donors (Lipinski definition) is 1. The summed E-state index contributed by atoms with van der Waals surface area (Å²) in [6.45, 7) is 19.8. The average Bonchev–Trinajstić information content (AvgIpc) is 3.38. The number of rotatable bonds is 10. The van der Waals surface area contributed by atoms with E-state index in [0.717, 1.165) is 71.4 Å². The van der Waals surface area contributed by atoms with Crippen LogP contribution in [0.3, 0.4) is 0 Å². The molecule has 5 nitrogen and oxygen atoms in total. The number of alkyl halides is 1. The lowest BCUT2D eigenvalue weighted by Gasteiger charge is -2.39. The number of anilines is 1. The van der Waals surface area contributed by atoms with Gasteiger partial charge in [0.25, 0.3) is 0 Å². The van der Waals surface area contributed by atoms with Crippen molar-refractivity contribution in [3.63, 3.8) is 0 Å². The summed E-state index contributed by atoms with van der Waals surface area (Å²) in [6.07, 6.45) is 11.3. The lowest BCUT2D eigenvalue weighted by Crippen LogP contribution is -2.40. The molecule has 1 fully saturated rings. The van der Waals surface area contributed by atoms with Crippen LogP contribution in [0.2, 0.25) is 0 Å². The van der Waals surface area contributed by atoms with Gasteiger partial charge in [-0.15, -0.1) is 9.24 Å². The molecule has 0 aromatic heterocycles. The van der Waals surface area contributed by atoms with Crippen LogP contribution < -0.4 is 10.6 Å². The van der Waals surface area contributed by atoms with Crippen LogP contribution in [-0.2, 0) is 0 Å². The van der Waals surface area contributed by atoms with E-state index in [1.165, 1.54) is 0 Å². The maximum absolute atomic E-state index is 14.8. The highest BCUT2D eigenvalue weighted by Gasteiger charge is 2.47. The summed E-state index contributed by atoms with van der Waals surface area (Å²) in [5.41, 5.74) is 5.49. The molecule has 220 valence electrons. The van der Waals surface area contributed by atoms with Crippen molar-refractivity contribution in [3.05, 3.63) is 65.8 Å². The molecule has 1 aromatic rings. The number of benzene rings is 1. The number of hydrogen-bond acceptors (Lipinski definition) is 3. The Morgan fingerprint density at radius 3 is 2.48 bits per heavy atom. The van der Waals surface area contributed by atoms with Crippen LogP contribution in [0.25, 0.3) is 5.57 Å². The molecule has 3 rings (SSSR count). The molecule has 0 aliphatic carbocycles. The van der Waals surface area contributed by atoms with Gasteiger partial charge in [-0.1, -0.05) is 58.8 Å². The second-order valence-corrected chi connectivity index (χ2v) is 14.5. The van der Waals surface area contributed by atoms with E-state index in [9.17, 15) is 9.18 Å². The molecule has 2 amide bonds. The van der Waals surface area contributed by atoms with Crippen molar-refractivity contribution in [1.82, 2.24) is 14.7 Å². The Labute approximate surface area is 248 Å². The Kier molecular flexibility index (Phi) is 11.1. The first kappa shape index (κ1) is 32.8. The van der Waals surface area contributed by atoms with Crippen LogP contribution >= 0.6 is 27.7 Å². The van der Waals surface area contributed by atoms with Crippen molar-refractivity contribution in [1.29, 1.82) is 0 Å². The molecule has 1 aromatic carbocycles. The summed E-state index contributed by atoms with van der Waals surface area (Å²) in [5, 5.41) is 2.59. The van der Waals surface area contributed by atoms with E-state index >= 15 is 0 Å². The van der Waals surface area contributed by atoms with Crippen molar-refractivity contribution >= 4 is 50.3 Å². The monoisotopic (exact) mass is 604 g/mol. The van der Waals surface area contributed by atoms with E-state index in [1.54, 1.807) is 4.90 Å². The zero-order valence-corrected chi connectivity index (χ0v) is 28.5. The highest BCUT2D eigenvalue weighted by atomic mass is 31.1. The van der Waals surface area contributed by atoms with E-state index in [1.807, 2.05) is 33.0 Å². The SMILES string of the molecule is C=C1C(N(CCC)CCC)=CC(c2cc(NC(=O)N3CCC(C(C)(C)C(F)(P)P)C3)c(P)cc2C)=CN1/C=C\C. The third kappa shape index (κ3) is 7.18. The van der Waals surface area contributed by atoms with Gasteiger partial charge >= 0.3 is 6.03 Å². The minimum absolute atomic E-state index is 0.0677. The van der Waals surface area contributed by atoms with E-state index in [0.29, 0.717) is 13.1 Å². The minimum Gasteiger partial charge on any atom is -0.370 e. The maximum Gasteiger partial charge on any atom is 0.321 e. The first-order chi connectivity index (χ1) is 18.7. The molecule has 0 radical (unpaired) electrons. The topological polar surface area (TPSA) is 38.8 Å². The van der Waals surface area contributed by atoms with Crippen LogP contribution in [0, 0.1) is 18.3 Å². The van der Waals surface area contributed by atoms with Gasteiger partial charge in [0.1, 0.15) is 5.15 Å². The number of aryl methyl sites for hydroxylation is 1. The van der Waals surface area contributed by atoms with Crippen LogP contribution in [0.4, 0.5) is 14.9 Å². The molecule has 1 saturated heterocycles. The molecule has 2 heterocycles. The third-order valence-electron chi connectivity index (χ3n) is 8.25. The van der Waals surface area contributed by atoms with E-state index in [-0.39, 0.29) is 11.9 Å². The van der Waals surface area contributed by atoms with Crippen LogP contribution in [-0.4, -0.2) is 52.1 Å². The molecule has 40 heavy (non-hydrogen) atoms. The molecule has 1 N–H and O–H groups in total. The molecule has 9 heteroatoms. The number of carbonyl (C=O) groups is 1. The van der Waals surface area contributed by atoms with E-state index < -0.39 is 10.6 Å². The fraction of sp³-hybridized carbons (Fsp3) is 0.516. The molecule has 0 bridgehead atoms. The Morgan fingerprint density at radius 1 is 1.25 bits per heavy atom. The van der Waals surface area contributed by atoms with Crippen molar-refractivity contribution in [2.45, 2.75) is 66.0 Å². The number of carbonyl (C=O) groups excluding carboxylic acids is 1. The van der Waals surface area contributed by atoms with Gasteiger partial charge in [0.05, 0.1) is 17.1 Å². The zero-order valence-electron chi connectivity index (χ0n) is 25.1. The molecule has 4 atom stereocenters. The predicted octanol–water partition coefficient (Wildman–Crippen LogP) is 7.46. The third-order valence-corrected chi connectivity index (χ3v) is 10.2. The van der Waals surface area contributed by atoms with E-state index in [2.05, 4.69) is 94.6 Å². The van der Waals surface area contributed by atoms with Crippen LogP contribution in [0.15, 0.2) is 54.7 Å². The molecule has 2 aliphatic heterocycles. The molecule has 2 aliphatic rings. The smallest absolute Gasteiger partial charge is 0.321 e. The summed E-state index contributed by atoms with van der Waals surface area (Å²) in [7, 11) is 7.36. The van der Waals surface area contributed by atoms with Crippen LogP contribution in [0.5, 0.6) is 0 Å². The molecular formula is C31H48FN4OP3. The number of urea groups is 1. The number of amides is 2. The minimum atomic E-state index is -1.49. The van der Waals surface area contributed by atoms with Crippen LogP contribution in [0.1, 0.15) is 65.0 Å². The summed E-state index contributed by atoms with van der Waals surface area (Å²) < 4.78 is 14.8. The lowest BCUT2D eigenvalue weighted by molar-refractivity contribution is 0.114. The number of nitrogens with one attached hydrogen (secondary N) is 1. The van der Waals surface area contributed by atoms with Gasteiger partial charge < -0.3 is 20.0 Å². The molecule has 0 spiro atoms. The Morgan fingerprint density at radius 2 is 1.90 bits per heavy atom. The van der Waals surface area contributed by atoms with Crippen molar-refractivity contribution < 1.29 is 9.18 Å². The number of nitrogens with zero attached hydrogens (tertiary/aromatic N) is 3. The standard InChI is InChI=1S/C31H48FN4OP3/c1-8-12-34(13-9-2)27-17-23(19-35(14-10-3)22(27)5)25-18-26(28(38)16-21(25)4)33-29(37)36-15-11-24(20-36)30(6,7)31(32,39)40/h10,14,16-19,24H,5,8-9,11-13,15,20,38-40H2,1-4,6-7H3,(H,33,37)/b14-10-. The fourth-order valence-electron chi connectivity index (χ4n) is 5.43. The van der Waals surface area contributed by atoms with Gasteiger partial charge in [0.2, 0.25) is 0 Å². The second kappa shape index (κ2) is 13.5. The lowest BCUT2D eigenvalue weighted by atomic mass is 9.79. The van der Waals surface area contributed by atoms with Gasteiger partial charge in [-0.2, -0.15) is 0 Å². The number of likely N-dealkylation sites (tertiary alicyclic amines) is 1. The summed E-state index contributed by atoms with van der Waals surface area (Å²) in [6, 6.07) is 4.01. The maximum atomic E-state index is 14.8. The molecule has 4 unspecified atom stereocenters. The van der Waals surface area contributed by atoms with Crippen molar-refractivity contribution in [2.75, 3.05) is 31.5 Å². The van der Waals surface area contributed by atoms with Gasteiger partial charge in [-0.05, 0) is 73.7 Å². The summed E-state index contributed by atoms with van der Waals surface area (Å²) in [4.78, 5) is 19.7.